The normalized spacial score (nSPS) is 33.9. The minimum absolute atomic E-state index is 0.00421. The van der Waals surface area contributed by atoms with Gasteiger partial charge in [-0.25, -0.2) is 0 Å². The highest BCUT2D eigenvalue weighted by molar-refractivity contribution is 5.90. The molecule has 0 radical (unpaired) electrons. The molecule has 2 unspecified atom stereocenters. The highest BCUT2D eigenvalue weighted by atomic mass is 16.2. The summed E-state index contributed by atoms with van der Waals surface area (Å²) >= 11 is 0. The van der Waals surface area contributed by atoms with Gasteiger partial charge in [-0.05, 0) is 39.2 Å². The van der Waals surface area contributed by atoms with E-state index in [0.717, 1.165) is 38.8 Å². The molecule has 5 nitrogen and oxygen atoms in total. The summed E-state index contributed by atoms with van der Waals surface area (Å²) in [6, 6.07) is -0.345. The van der Waals surface area contributed by atoms with Gasteiger partial charge in [0.2, 0.25) is 11.8 Å². The van der Waals surface area contributed by atoms with Crippen molar-refractivity contribution in [2.24, 2.45) is 5.41 Å². The van der Waals surface area contributed by atoms with Gasteiger partial charge in [-0.1, -0.05) is 0 Å². The number of rotatable bonds is 2. The number of hydrogen-bond acceptors (Lipinski definition) is 3. The van der Waals surface area contributed by atoms with Crippen molar-refractivity contribution >= 4 is 11.8 Å². The van der Waals surface area contributed by atoms with Gasteiger partial charge in [-0.3, -0.25) is 9.59 Å². The summed E-state index contributed by atoms with van der Waals surface area (Å²) in [4.78, 5) is 23.9. The first-order chi connectivity index (χ1) is 8.12. The maximum atomic E-state index is 12.2. The smallest absolute Gasteiger partial charge is 0.242 e. The lowest BCUT2D eigenvalue weighted by Gasteiger charge is -2.24. The van der Waals surface area contributed by atoms with Crippen LogP contribution in [0.5, 0.6) is 0 Å². The third-order valence-corrected chi connectivity index (χ3v) is 3.76. The van der Waals surface area contributed by atoms with Crippen molar-refractivity contribution in [2.75, 3.05) is 19.6 Å². The standard InChI is InChI=1S/C12H21N3O2/c1-12(5-7-13-8-12)11(17)15-9-4-2-3-6-14-10(9)16/h9,13H,2-8H2,1H3,(H,14,16)(H,15,17). The molecule has 2 aliphatic heterocycles. The Morgan fingerprint density at radius 1 is 1.41 bits per heavy atom. The van der Waals surface area contributed by atoms with E-state index in [-0.39, 0.29) is 23.3 Å². The zero-order chi connectivity index (χ0) is 12.3. The molecule has 0 saturated carbocycles. The molecule has 0 aliphatic carbocycles. The molecule has 0 aromatic rings. The monoisotopic (exact) mass is 239 g/mol. The van der Waals surface area contributed by atoms with Crippen molar-refractivity contribution in [3.63, 3.8) is 0 Å². The molecule has 5 heteroatoms. The van der Waals surface area contributed by atoms with Crippen LogP contribution in [0, 0.1) is 5.41 Å². The van der Waals surface area contributed by atoms with Crippen molar-refractivity contribution in [3.05, 3.63) is 0 Å². The van der Waals surface area contributed by atoms with Crippen LogP contribution in [0.1, 0.15) is 32.6 Å². The molecule has 0 aromatic carbocycles. The molecule has 3 N–H and O–H groups in total. The number of carbonyl (C=O) groups excluding carboxylic acids is 2. The minimum Gasteiger partial charge on any atom is -0.354 e. The van der Waals surface area contributed by atoms with E-state index in [4.69, 9.17) is 0 Å². The molecule has 96 valence electrons. The van der Waals surface area contributed by atoms with Crippen molar-refractivity contribution < 1.29 is 9.59 Å². The van der Waals surface area contributed by atoms with Gasteiger partial charge < -0.3 is 16.0 Å². The molecular formula is C12H21N3O2. The van der Waals surface area contributed by atoms with Gasteiger partial charge in [-0.15, -0.1) is 0 Å². The summed E-state index contributed by atoms with van der Waals surface area (Å²) in [5.41, 5.74) is -0.355. The van der Waals surface area contributed by atoms with Crippen LogP contribution in [0.3, 0.4) is 0 Å². The molecule has 17 heavy (non-hydrogen) atoms. The van der Waals surface area contributed by atoms with Gasteiger partial charge in [0.05, 0.1) is 5.41 Å². The van der Waals surface area contributed by atoms with E-state index in [2.05, 4.69) is 16.0 Å². The molecule has 2 aliphatic rings. The first kappa shape index (κ1) is 12.4. The van der Waals surface area contributed by atoms with Crippen LogP contribution in [0.4, 0.5) is 0 Å². The Balaban J connectivity index is 1.94. The number of carbonyl (C=O) groups is 2. The molecule has 0 aromatic heterocycles. The van der Waals surface area contributed by atoms with Crippen LogP contribution in [0.15, 0.2) is 0 Å². The summed E-state index contributed by atoms with van der Waals surface area (Å²) in [5.74, 6) is -0.0324. The molecule has 0 bridgehead atoms. The number of amides is 2. The van der Waals surface area contributed by atoms with Crippen LogP contribution < -0.4 is 16.0 Å². The van der Waals surface area contributed by atoms with E-state index in [1.165, 1.54) is 0 Å². The topological polar surface area (TPSA) is 70.2 Å². The summed E-state index contributed by atoms with van der Waals surface area (Å²) in [6.07, 6.45) is 3.57. The average Bonchev–Trinajstić information content (AvgIpc) is 2.65. The molecule has 2 amide bonds. The quantitative estimate of drug-likeness (QED) is 0.623. The van der Waals surface area contributed by atoms with Gasteiger partial charge in [0.1, 0.15) is 6.04 Å². The summed E-state index contributed by atoms with van der Waals surface area (Å²) in [7, 11) is 0. The highest BCUT2D eigenvalue weighted by Gasteiger charge is 2.38. The maximum absolute atomic E-state index is 12.2. The third-order valence-electron chi connectivity index (χ3n) is 3.76. The Kier molecular flexibility index (Phi) is 3.66. The van der Waals surface area contributed by atoms with Crippen LogP contribution in [0.2, 0.25) is 0 Å². The van der Waals surface area contributed by atoms with Crippen LogP contribution in [-0.4, -0.2) is 37.5 Å². The summed E-state index contributed by atoms with van der Waals surface area (Å²) < 4.78 is 0. The van der Waals surface area contributed by atoms with Crippen LogP contribution >= 0.6 is 0 Å². The second kappa shape index (κ2) is 5.04. The lowest BCUT2D eigenvalue weighted by molar-refractivity contribution is -0.133. The average molecular weight is 239 g/mol. The van der Waals surface area contributed by atoms with E-state index in [0.29, 0.717) is 6.54 Å². The Morgan fingerprint density at radius 3 is 2.94 bits per heavy atom. The van der Waals surface area contributed by atoms with E-state index < -0.39 is 0 Å². The van der Waals surface area contributed by atoms with Crippen molar-refractivity contribution in [1.82, 2.24) is 16.0 Å². The van der Waals surface area contributed by atoms with Crippen LogP contribution in [-0.2, 0) is 9.59 Å². The summed E-state index contributed by atoms with van der Waals surface area (Å²) in [6.45, 7) is 4.26. The molecule has 2 saturated heterocycles. The van der Waals surface area contributed by atoms with E-state index in [9.17, 15) is 9.59 Å². The van der Waals surface area contributed by atoms with Gasteiger partial charge in [-0.2, -0.15) is 0 Å². The Labute approximate surface area is 102 Å². The zero-order valence-corrected chi connectivity index (χ0v) is 10.3. The first-order valence-corrected chi connectivity index (χ1v) is 6.41. The summed E-state index contributed by atoms with van der Waals surface area (Å²) in [5, 5.41) is 8.93. The Bertz CT molecular complexity index is 311. The Morgan fingerprint density at radius 2 is 2.24 bits per heavy atom. The van der Waals surface area contributed by atoms with Crippen molar-refractivity contribution in [1.29, 1.82) is 0 Å². The fraction of sp³-hybridized carbons (Fsp3) is 0.833. The second-order valence-corrected chi connectivity index (χ2v) is 5.30. The third kappa shape index (κ3) is 2.77. The van der Waals surface area contributed by atoms with Crippen molar-refractivity contribution in [2.45, 2.75) is 38.6 Å². The first-order valence-electron chi connectivity index (χ1n) is 6.41. The largest absolute Gasteiger partial charge is 0.354 e. The van der Waals surface area contributed by atoms with Gasteiger partial charge in [0.15, 0.2) is 0 Å². The minimum atomic E-state index is -0.355. The second-order valence-electron chi connectivity index (χ2n) is 5.30. The molecular weight excluding hydrogens is 218 g/mol. The number of hydrogen-bond donors (Lipinski definition) is 3. The number of nitrogens with one attached hydrogen (secondary N) is 3. The lowest BCUT2D eigenvalue weighted by Crippen LogP contribution is -2.50. The predicted octanol–water partition coefficient (Wildman–Crippen LogP) is -0.229. The van der Waals surface area contributed by atoms with Crippen molar-refractivity contribution in [3.8, 4) is 0 Å². The fourth-order valence-electron chi connectivity index (χ4n) is 2.42. The Hall–Kier alpha value is -1.10. The van der Waals surface area contributed by atoms with Gasteiger partial charge >= 0.3 is 0 Å². The SMILES string of the molecule is CC1(C(=O)NC2CCCCNC2=O)CCNC1. The molecule has 2 heterocycles. The molecule has 2 rings (SSSR count). The van der Waals surface area contributed by atoms with Gasteiger partial charge in [0.25, 0.3) is 0 Å². The highest BCUT2D eigenvalue weighted by Crippen LogP contribution is 2.25. The fourth-order valence-corrected chi connectivity index (χ4v) is 2.42. The maximum Gasteiger partial charge on any atom is 0.242 e. The predicted molar refractivity (Wildman–Crippen MR) is 64.4 cm³/mol. The van der Waals surface area contributed by atoms with E-state index >= 15 is 0 Å². The molecule has 0 spiro atoms. The molecule has 2 atom stereocenters. The van der Waals surface area contributed by atoms with E-state index in [1.54, 1.807) is 0 Å². The van der Waals surface area contributed by atoms with Gasteiger partial charge in [0, 0.05) is 13.1 Å². The van der Waals surface area contributed by atoms with Crippen LogP contribution in [0.25, 0.3) is 0 Å². The van der Waals surface area contributed by atoms with E-state index in [1.807, 2.05) is 6.92 Å². The zero-order valence-electron chi connectivity index (χ0n) is 10.3. The molecule has 2 fully saturated rings. The lowest BCUT2D eigenvalue weighted by atomic mass is 9.88.